The first-order valence-corrected chi connectivity index (χ1v) is 6.95. The SMILES string of the molecule is CC(C)(C)OC(=O)NC(=O)NSC1CC(O)(C(F)(F)F)C1. The summed E-state index contributed by atoms with van der Waals surface area (Å²) in [5.41, 5.74) is -3.46. The highest BCUT2D eigenvalue weighted by atomic mass is 32.2. The summed E-state index contributed by atoms with van der Waals surface area (Å²) < 4.78 is 44.1. The molecule has 0 bridgehead atoms. The minimum absolute atomic E-state index is 0.506. The molecule has 0 atom stereocenters. The number of hydrogen-bond acceptors (Lipinski definition) is 5. The number of rotatable bonds is 2. The monoisotopic (exact) mass is 330 g/mol. The van der Waals surface area contributed by atoms with Gasteiger partial charge in [0.05, 0.1) is 0 Å². The lowest BCUT2D eigenvalue weighted by atomic mass is 9.79. The van der Waals surface area contributed by atoms with E-state index < -0.39 is 47.6 Å². The van der Waals surface area contributed by atoms with E-state index in [9.17, 15) is 27.9 Å². The van der Waals surface area contributed by atoms with E-state index in [0.717, 1.165) is 11.9 Å². The zero-order valence-electron chi connectivity index (χ0n) is 11.7. The summed E-state index contributed by atoms with van der Waals surface area (Å²) in [5, 5.41) is 10.5. The molecule has 0 aromatic heterocycles. The van der Waals surface area contributed by atoms with E-state index in [2.05, 4.69) is 4.72 Å². The largest absolute Gasteiger partial charge is 0.443 e. The smallest absolute Gasteiger partial charge is 0.417 e. The van der Waals surface area contributed by atoms with Gasteiger partial charge in [-0.1, -0.05) is 0 Å². The molecule has 3 amide bonds. The van der Waals surface area contributed by atoms with Gasteiger partial charge in [-0.15, -0.1) is 0 Å². The van der Waals surface area contributed by atoms with Crippen molar-refractivity contribution in [1.82, 2.24) is 10.0 Å². The van der Waals surface area contributed by atoms with Gasteiger partial charge < -0.3 is 9.84 Å². The van der Waals surface area contributed by atoms with Crippen molar-refractivity contribution in [3.05, 3.63) is 0 Å². The first-order valence-electron chi connectivity index (χ1n) is 6.07. The quantitative estimate of drug-likeness (QED) is 0.676. The highest BCUT2D eigenvalue weighted by Gasteiger charge is 2.61. The molecule has 21 heavy (non-hydrogen) atoms. The van der Waals surface area contributed by atoms with Gasteiger partial charge in [0, 0.05) is 5.25 Å². The van der Waals surface area contributed by atoms with Crippen molar-refractivity contribution in [2.24, 2.45) is 0 Å². The molecule has 0 aromatic carbocycles. The number of carbonyl (C=O) groups excluding carboxylic acids is 2. The Kier molecular flexibility index (Phi) is 5.04. The zero-order valence-corrected chi connectivity index (χ0v) is 12.5. The van der Waals surface area contributed by atoms with Crippen LogP contribution in [0.15, 0.2) is 0 Å². The molecule has 1 fully saturated rings. The van der Waals surface area contributed by atoms with Crippen LogP contribution in [0.1, 0.15) is 33.6 Å². The number of amides is 3. The number of halogens is 3. The third-order valence-corrected chi connectivity index (χ3v) is 3.56. The Bertz CT molecular complexity index is 417. The number of nitrogens with one attached hydrogen (secondary N) is 2. The third kappa shape index (κ3) is 5.27. The van der Waals surface area contributed by atoms with Crippen molar-refractivity contribution in [2.75, 3.05) is 0 Å². The third-order valence-electron chi connectivity index (χ3n) is 2.59. The van der Waals surface area contributed by atoms with Gasteiger partial charge in [0.25, 0.3) is 0 Å². The first-order chi connectivity index (χ1) is 9.32. The Balaban J connectivity index is 2.26. The second kappa shape index (κ2) is 5.91. The number of alkyl halides is 3. The van der Waals surface area contributed by atoms with Crippen molar-refractivity contribution in [1.29, 1.82) is 0 Å². The minimum atomic E-state index is -4.68. The summed E-state index contributed by atoms with van der Waals surface area (Å²) in [4.78, 5) is 22.6. The molecule has 3 N–H and O–H groups in total. The maximum Gasteiger partial charge on any atom is 0.417 e. The highest BCUT2D eigenvalue weighted by Crippen LogP contribution is 2.48. The van der Waals surface area contributed by atoms with Crippen molar-refractivity contribution in [3.8, 4) is 0 Å². The molecule has 0 radical (unpaired) electrons. The molecule has 10 heteroatoms. The summed E-state index contributed by atoms with van der Waals surface area (Å²) in [7, 11) is 0. The van der Waals surface area contributed by atoms with E-state index in [4.69, 9.17) is 4.74 Å². The molecular weight excluding hydrogens is 313 g/mol. The van der Waals surface area contributed by atoms with Gasteiger partial charge in [-0.25, -0.2) is 14.9 Å². The van der Waals surface area contributed by atoms with Crippen LogP contribution in [0.2, 0.25) is 0 Å². The molecule has 0 heterocycles. The van der Waals surface area contributed by atoms with Crippen molar-refractivity contribution in [2.45, 2.75) is 56.2 Å². The number of aliphatic hydroxyl groups is 1. The van der Waals surface area contributed by atoms with Crippen LogP contribution in [-0.2, 0) is 4.74 Å². The fourth-order valence-electron chi connectivity index (χ4n) is 1.57. The highest BCUT2D eigenvalue weighted by molar-refractivity contribution is 7.98. The molecule has 1 aliphatic carbocycles. The van der Waals surface area contributed by atoms with E-state index in [-0.39, 0.29) is 0 Å². The van der Waals surface area contributed by atoms with Crippen LogP contribution in [0.3, 0.4) is 0 Å². The molecule has 122 valence electrons. The normalized spacial score (nSPS) is 25.8. The van der Waals surface area contributed by atoms with Crippen molar-refractivity contribution >= 4 is 24.1 Å². The average molecular weight is 330 g/mol. The fraction of sp³-hybridized carbons (Fsp3) is 0.818. The van der Waals surface area contributed by atoms with Crippen LogP contribution in [0.5, 0.6) is 0 Å². The topological polar surface area (TPSA) is 87.7 Å². The summed E-state index contributed by atoms with van der Waals surface area (Å²) in [6, 6.07) is -0.892. The molecule has 1 aliphatic rings. The van der Waals surface area contributed by atoms with Crippen molar-refractivity contribution in [3.63, 3.8) is 0 Å². The minimum Gasteiger partial charge on any atom is -0.443 e. The van der Waals surface area contributed by atoms with Crippen LogP contribution in [0, 0.1) is 0 Å². The molecule has 1 saturated carbocycles. The maximum absolute atomic E-state index is 12.4. The van der Waals surface area contributed by atoms with Gasteiger partial charge >= 0.3 is 18.3 Å². The number of ether oxygens (including phenoxy) is 1. The summed E-state index contributed by atoms with van der Waals surface area (Å²) >= 11 is 0.720. The van der Waals surface area contributed by atoms with Crippen LogP contribution in [0.4, 0.5) is 22.8 Å². The van der Waals surface area contributed by atoms with Crippen LogP contribution >= 0.6 is 11.9 Å². The van der Waals surface area contributed by atoms with Crippen LogP contribution < -0.4 is 10.0 Å². The van der Waals surface area contributed by atoms with E-state index in [1.807, 2.05) is 5.32 Å². The average Bonchev–Trinajstić information content (AvgIpc) is 2.17. The molecule has 0 saturated heterocycles. The molecular formula is C11H17F3N2O4S. The molecule has 1 rings (SSSR count). The molecule has 0 aliphatic heterocycles. The van der Waals surface area contributed by atoms with E-state index in [1.54, 1.807) is 20.8 Å². The lowest BCUT2D eigenvalue weighted by Crippen LogP contribution is -2.57. The zero-order chi connectivity index (χ0) is 16.5. The summed E-state index contributed by atoms with van der Waals surface area (Å²) in [6.07, 6.45) is -6.65. The Morgan fingerprint density at radius 3 is 2.24 bits per heavy atom. The maximum atomic E-state index is 12.4. The fourth-order valence-corrected chi connectivity index (χ4v) is 2.61. The number of alkyl carbamates (subject to hydrolysis) is 1. The van der Waals surface area contributed by atoms with Gasteiger partial charge in [0.2, 0.25) is 0 Å². The van der Waals surface area contributed by atoms with Gasteiger partial charge in [0.1, 0.15) is 5.60 Å². The Labute approximate surface area is 123 Å². The molecule has 6 nitrogen and oxygen atoms in total. The predicted octanol–water partition coefficient (Wildman–Crippen LogP) is 2.32. The number of hydrogen-bond donors (Lipinski definition) is 3. The van der Waals surface area contributed by atoms with E-state index >= 15 is 0 Å². The van der Waals surface area contributed by atoms with Crippen molar-refractivity contribution < 1.29 is 32.6 Å². The van der Waals surface area contributed by atoms with Crippen LogP contribution in [0.25, 0.3) is 0 Å². The predicted molar refractivity (Wildman–Crippen MR) is 69.5 cm³/mol. The standard InChI is InChI=1S/C11H17F3N2O4S/c1-9(2,3)20-8(18)15-7(17)16-21-6-4-10(19,5-6)11(12,13)14/h6,19H,4-5H2,1-3H3,(H2,15,16,17,18). The van der Waals surface area contributed by atoms with Gasteiger partial charge in [-0.2, -0.15) is 13.2 Å². The number of urea groups is 1. The summed E-state index contributed by atoms with van der Waals surface area (Å²) in [6.45, 7) is 4.85. The second-order valence-corrected chi connectivity index (χ2v) is 6.84. The second-order valence-electron chi connectivity index (χ2n) is 5.74. The Hall–Kier alpha value is -1.16. The number of carbonyl (C=O) groups is 2. The molecule has 0 unspecified atom stereocenters. The van der Waals surface area contributed by atoms with Gasteiger partial charge in [-0.05, 0) is 45.6 Å². The lowest BCUT2D eigenvalue weighted by molar-refractivity contribution is -0.284. The molecule has 0 spiro atoms. The van der Waals surface area contributed by atoms with Crippen LogP contribution in [-0.4, -0.2) is 39.9 Å². The number of imide groups is 1. The summed E-state index contributed by atoms with van der Waals surface area (Å²) in [5.74, 6) is 0. The Morgan fingerprint density at radius 2 is 1.81 bits per heavy atom. The van der Waals surface area contributed by atoms with E-state index in [1.165, 1.54) is 0 Å². The van der Waals surface area contributed by atoms with Gasteiger partial charge in [0.15, 0.2) is 5.60 Å². The first kappa shape index (κ1) is 17.9. The van der Waals surface area contributed by atoms with Gasteiger partial charge in [-0.3, -0.25) is 4.72 Å². The Morgan fingerprint density at radius 1 is 1.29 bits per heavy atom. The lowest BCUT2D eigenvalue weighted by Gasteiger charge is -2.43. The van der Waals surface area contributed by atoms with E-state index in [0.29, 0.717) is 0 Å². The molecule has 0 aromatic rings.